The Balaban J connectivity index is 1.54. The van der Waals surface area contributed by atoms with Crippen molar-refractivity contribution in [1.29, 1.82) is 5.26 Å². The van der Waals surface area contributed by atoms with Gasteiger partial charge in [-0.25, -0.2) is 9.78 Å². The number of rotatable bonds is 5. The number of nitrogens with one attached hydrogen (secondary N) is 1. The van der Waals surface area contributed by atoms with E-state index in [1.165, 1.54) is 6.20 Å². The van der Waals surface area contributed by atoms with Gasteiger partial charge in [0.25, 0.3) is 0 Å². The number of pyridine rings is 1. The van der Waals surface area contributed by atoms with Crippen molar-refractivity contribution >= 4 is 11.8 Å². The molecule has 0 unspecified atom stereocenters. The van der Waals surface area contributed by atoms with E-state index in [-0.39, 0.29) is 12.3 Å². The highest BCUT2D eigenvalue weighted by Gasteiger charge is 2.05. The van der Waals surface area contributed by atoms with E-state index in [9.17, 15) is 4.79 Å². The van der Waals surface area contributed by atoms with Crippen molar-refractivity contribution in [2.45, 2.75) is 6.61 Å². The molecule has 0 saturated heterocycles. The van der Waals surface area contributed by atoms with Gasteiger partial charge < -0.3 is 9.47 Å². The molecule has 2 aromatic carbocycles. The quantitative estimate of drug-likeness (QED) is 0.736. The minimum atomic E-state index is -0.532. The van der Waals surface area contributed by atoms with Crippen molar-refractivity contribution in [3.05, 3.63) is 84.2 Å². The van der Waals surface area contributed by atoms with E-state index in [4.69, 9.17) is 14.7 Å². The van der Waals surface area contributed by atoms with Gasteiger partial charge in [0, 0.05) is 18.0 Å². The number of carbonyl (C=O) groups excluding carboxylic acids is 1. The van der Waals surface area contributed by atoms with Gasteiger partial charge in [-0.15, -0.1) is 0 Å². The Labute approximate surface area is 150 Å². The second-order valence-electron chi connectivity index (χ2n) is 5.30. The van der Waals surface area contributed by atoms with Gasteiger partial charge in [-0.1, -0.05) is 30.3 Å². The van der Waals surface area contributed by atoms with Crippen LogP contribution in [-0.4, -0.2) is 11.1 Å². The van der Waals surface area contributed by atoms with E-state index in [0.29, 0.717) is 17.2 Å². The number of hydrogen-bond acceptors (Lipinski definition) is 5. The first-order valence-corrected chi connectivity index (χ1v) is 7.85. The molecule has 1 aromatic heterocycles. The van der Waals surface area contributed by atoms with Crippen LogP contribution in [0, 0.1) is 11.3 Å². The molecule has 1 N–H and O–H groups in total. The number of carbonyl (C=O) groups is 1. The third-order valence-electron chi connectivity index (χ3n) is 3.40. The summed E-state index contributed by atoms with van der Waals surface area (Å²) in [7, 11) is 0. The largest absolute Gasteiger partial charge is 0.457 e. The van der Waals surface area contributed by atoms with Gasteiger partial charge >= 0.3 is 6.09 Å². The van der Waals surface area contributed by atoms with Crippen LogP contribution in [0.1, 0.15) is 11.3 Å². The van der Waals surface area contributed by atoms with E-state index in [2.05, 4.69) is 10.3 Å². The van der Waals surface area contributed by atoms with E-state index < -0.39 is 6.09 Å². The SMILES string of the molecule is N#Cc1cc(Oc2ccc(NC(=O)OCc3ccccc3)cc2)ccn1. The standard InChI is InChI=1S/C20H15N3O3/c21-13-17-12-19(10-11-22-17)26-18-8-6-16(7-9-18)23-20(24)25-14-15-4-2-1-3-5-15/h1-12H,14H2,(H,23,24). The van der Waals surface area contributed by atoms with Crippen LogP contribution < -0.4 is 10.1 Å². The van der Waals surface area contributed by atoms with E-state index in [0.717, 1.165) is 5.56 Å². The monoisotopic (exact) mass is 345 g/mol. The molecule has 0 spiro atoms. The van der Waals surface area contributed by atoms with Crippen LogP contribution in [0.15, 0.2) is 72.9 Å². The molecule has 6 nitrogen and oxygen atoms in total. The van der Waals surface area contributed by atoms with Gasteiger partial charge in [-0.3, -0.25) is 5.32 Å². The average molecular weight is 345 g/mol. The molecule has 0 bridgehead atoms. The zero-order chi connectivity index (χ0) is 18.2. The number of anilines is 1. The molecule has 0 atom stereocenters. The van der Waals surface area contributed by atoms with Crippen LogP contribution in [0.25, 0.3) is 0 Å². The van der Waals surface area contributed by atoms with Crippen LogP contribution in [-0.2, 0) is 11.3 Å². The van der Waals surface area contributed by atoms with Crippen molar-refractivity contribution in [1.82, 2.24) is 4.98 Å². The molecule has 0 aliphatic rings. The molecule has 1 amide bonds. The maximum atomic E-state index is 11.8. The molecule has 26 heavy (non-hydrogen) atoms. The topological polar surface area (TPSA) is 84.2 Å². The first kappa shape index (κ1) is 17.0. The lowest BCUT2D eigenvalue weighted by Gasteiger charge is -2.09. The molecule has 0 radical (unpaired) electrons. The van der Waals surface area contributed by atoms with Gasteiger partial charge in [-0.2, -0.15) is 5.26 Å². The van der Waals surface area contributed by atoms with Gasteiger partial charge in [0.2, 0.25) is 0 Å². The molecule has 0 aliphatic carbocycles. The molecule has 3 rings (SSSR count). The predicted octanol–water partition coefficient (Wildman–Crippen LogP) is 4.49. The maximum Gasteiger partial charge on any atom is 0.411 e. The van der Waals surface area contributed by atoms with Crippen molar-refractivity contribution in [2.75, 3.05) is 5.32 Å². The second-order valence-corrected chi connectivity index (χ2v) is 5.30. The Morgan fingerprint density at radius 3 is 2.54 bits per heavy atom. The summed E-state index contributed by atoms with van der Waals surface area (Å²) >= 11 is 0. The van der Waals surface area contributed by atoms with Crippen LogP contribution >= 0.6 is 0 Å². The van der Waals surface area contributed by atoms with E-state index >= 15 is 0 Å². The number of nitriles is 1. The van der Waals surface area contributed by atoms with Gasteiger partial charge in [0.1, 0.15) is 29.9 Å². The Morgan fingerprint density at radius 1 is 1.04 bits per heavy atom. The third-order valence-corrected chi connectivity index (χ3v) is 3.40. The third kappa shape index (κ3) is 4.82. The van der Waals surface area contributed by atoms with Crippen molar-refractivity contribution in [3.63, 3.8) is 0 Å². The predicted molar refractivity (Wildman–Crippen MR) is 95.7 cm³/mol. The highest BCUT2D eigenvalue weighted by molar-refractivity contribution is 5.84. The lowest BCUT2D eigenvalue weighted by Crippen LogP contribution is -2.13. The van der Waals surface area contributed by atoms with Crippen molar-refractivity contribution in [3.8, 4) is 17.6 Å². The highest BCUT2D eigenvalue weighted by Crippen LogP contribution is 2.23. The molecule has 0 aliphatic heterocycles. The lowest BCUT2D eigenvalue weighted by atomic mass is 10.2. The van der Waals surface area contributed by atoms with Crippen molar-refractivity contribution in [2.24, 2.45) is 0 Å². The summed E-state index contributed by atoms with van der Waals surface area (Å²) in [5.74, 6) is 1.09. The first-order valence-electron chi connectivity index (χ1n) is 7.85. The summed E-state index contributed by atoms with van der Waals surface area (Å²) < 4.78 is 10.8. The molecular formula is C20H15N3O3. The summed E-state index contributed by atoms with van der Waals surface area (Å²) in [6, 6.07) is 21.4. The van der Waals surface area contributed by atoms with Crippen LogP contribution in [0.5, 0.6) is 11.5 Å². The maximum absolute atomic E-state index is 11.8. The fraction of sp³-hybridized carbons (Fsp3) is 0.0500. The van der Waals surface area contributed by atoms with E-state index in [1.807, 2.05) is 36.4 Å². The normalized spacial score (nSPS) is 9.81. The molecule has 0 fully saturated rings. The molecule has 128 valence electrons. The Bertz CT molecular complexity index is 919. The number of ether oxygens (including phenoxy) is 2. The highest BCUT2D eigenvalue weighted by atomic mass is 16.5. The zero-order valence-electron chi connectivity index (χ0n) is 13.8. The Hall–Kier alpha value is -3.85. The fourth-order valence-electron chi connectivity index (χ4n) is 2.16. The molecular weight excluding hydrogens is 330 g/mol. The summed E-state index contributed by atoms with van der Waals surface area (Å²) in [6.07, 6.45) is 0.974. The summed E-state index contributed by atoms with van der Waals surface area (Å²) in [5, 5.41) is 11.5. The van der Waals surface area contributed by atoms with Gasteiger partial charge in [0.15, 0.2) is 0 Å². The number of amides is 1. The van der Waals surface area contributed by atoms with Gasteiger partial charge in [-0.05, 0) is 35.9 Å². The van der Waals surface area contributed by atoms with Crippen LogP contribution in [0.3, 0.4) is 0 Å². The minimum absolute atomic E-state index is 0.205. The summed E-state index contributed by atoms with van der Waals surface area (Å²) in [6.45, 7) is 0.205. The second kappa shape index (κ2) is 8.31. The zero-order valence-corrected chi connectivity index (χ0v) is 13.8. The summed E-state index contributed by atoms with van der Waals surface area (Å²) in [5.41, 5.74) is 1.78. The van der Waals surface area contributed by atoms with Crippen molar-refractivity contribution < 1.29 is 14.3 Å². The van der Waals surface area contributed by atoms with Crippen LogP contribution in [0.4, 0.5) is 10.5 Å². The molecule has 1 heterocycles. The average Bonchev–Trinajstić information content (AvgIpc) is 2.69. The first-order chi connectivity index (χ1) is 12.7. The number of benzene rings is 2. The minimum Gasteiger partial charge on any atom is -0.457 e. The number of aromatic nitrogens is 1. The Morgan fingerprint density at radius 2 is 1.81 bits per heavy atom. The van der Waals surface area contributed by atoms with Gasteiger partial charge in [0.05, 0.1) is 0 Å². The Kier molecular flexibility index (Phi) is 5.43. The molecule has 0 saturated carbocycles. The number of nitrogens with zero attached hydrogens (tertiary/aromatic N) is 2. The molecule has 6 heteroatoms. The smallest absolute Gasteiger partial charge is 0.411 e. The molecule has 3 aromatic rings. The fourth-order valence-corrected chi connectivity index (χ4v) is 2.16. The van der Waals surface area contributed by atoms with Crippen LogP contribution in [0.2, 0.25) is 0 Å². The van der Waals surface area contributed by atoms with E-state index in [1.54, 1.807) is 36.4 Å². The lowest BCUT2D eigenvalue weighted by molar-refractivity contribution is 0.155. The number of hydrogen-bond donors (Lipinski definition) is 1. The summed E-state index contributed by atoms with van der Waals surface area (Å²) in [4.78, 5) is 15.7.